The van der Waals surface area contributed by atoms with Crippen molar-refractivity contribution in [1.82, 2.24) is 8.61 Å². The lowest BCUT2D eigenvalue weighted by molar-refractivity contribution is -0.111. The van der Waals surface area contributed by atoms with Crippen molar-refractivity contribution in [3.8, 4) is 5.75 Å². The SMILES string of the molecule is CC(=O)C1=NC(COC(=O)c2ccccc2O)CN1S(=O)(=O)N(C)C. The summed E-state index contributed by atoms with van der Waals surface area (Å²) in [4.78, 5) is 27.7. The summed E-state index contributed by atoms with van der Waals surface area (Å²) in [6.07, 6.45) is 0. The molecule has 136 valence electrons. The molecule has 0 saturated carbocycles. The summed E-state index contributed by atoms with van der Waals surface area (Å²) < 4.78 is 31.5. The molecule has 0 fully saturated rings. The largest absolute Gasteiger partial charge is 0.507 e. The fourth-order valence-corrected chi connectivity index (χ4v) is 3.36. The monoisotopic (exact) mass is 369 g/mol. The molecule has 0 bridgehead atoms. The summed E-state index contributed by atoms with van der Waals surface area (Å²) >= 11 is 0. The topological polar surface area (TPSA) is 117 Å². The maximum Gasteiger partial charge on any atom is 0.341 e. The quantitative estimate of drug-likeness (QED) is 0.707. The van der Waals surface area contributed by atoms with E-state index in [0.29, 0.717) is 0 Å². The van der Waals surface area contributed by atoms with Gasteiger partial charge in [-0.1, -0.05) is 12.1 Å². The highest BCUT2D eigenvalue weighted by molar-refractivity contribution is 7.87. The number of hydrogen-bond donors (Lipinski definition) is 1. The lowest BCUT2D eigenvalue weighted by atomic mass is 10.2. The fourth-order valence-electron chi connectivity index (χ4n) is 2.21. The molecule has 0 amide bonds. The predicted octanol–water partition coefficient (Wildman–Crippen LogP) is 0.0271. The summed E-state index contributed by atoms with van der Waals surface area (Å²) in [6.45, 7) is 0.889. The third-order valence-corrected chi connectivity index (χ3v) is 5.31. The van der Waals surface area contributed by atoms with Gasteiger partial charge in [-0.05, 0) is 12.1 Å². The molecule has 1 aromatic carbocycles. The number of ether oxygens (including phenoxy) is 1. The number of nitrogens with zero attached hydrogens (tertiary/aromatic N) is 3. The highest BCUT2D eigenvalue weighted by atomic mass is 32.2. The average molecular weight is 369 g/mol. The third kappa shape index (κ3) is 3.97. The van der Waals surface area contributed by atoms with E-state index in [1.165, 1.54) is 33.2 Å². The number of benzene rings is 1. The number of rotatable bonds is 6. The first-order valence-electron chi connectivity index (χ1n) is 7.38. The van der Waals surface area contributed by atoms with Crippen molar-refractivity contribution in [2.45, 2.75) is 13.0 Å². The van der Waals surface area contributed by atoms with E-state index in [1.54, 1.807) is 12.1 Å². The first-order valence-corrected chi connectivity index (χ1v) is 8.78. The summed E-state index contributed by atoms with van der Waals surface area (Å²) in [5.41, 5.74) is -0.00552. The lowest BCUT2D eigenvalue weighted by Crippen LogP contribution is -2.45. The zero-order valence-electron chi connectivity index (χ0n) is 14.0. The summed E-state index contributed by atoms with van der Waals surface area (Å²) in [5.74, 6) is -1.67. The third-order valence-electron chi connectivity index (χ3n) is 3.50. The van der Waals surface area contributed by atoms with E-state index in [4.69, 9.17) is 4.74 Å². The lowest BCUT2D eigenvalue weighted by Gasteiger charge is -2.23. The normalized spacial score (nSPS) is 17.5. The molecule has 1 heterocycles. The molecular weight excluding hydrogens is 350 g/mol. The molecule has 2 rings (SSSR count). The van der Waals surface area contributed by atoms with Gasteiger partial charge in [-0.2, -0.15) is 12.7 Å². The van der Waals surface area contributed by atoms with Gasteiger partial charge >= 0.3 is 16.2 Å². The van der Waals surface area contributed by atoms with Crippen molar-refractivity contribution >= 4 is 27.8 Å². The van der Waals surface area contributed by atoms with Crippen LogP contribution in [-0.2, 0) is 19.7 Å². The fraction of sp³-hybridized carbons (Fsp3) is 0.400. The van der Waals surface area contributed by atoms with Crippen LogP contribution in [0.5, 0.6) is 5.75 Å². The van der Waals surface area contributed by atoms with Crippen LogP contribution in [0.3, 0.4) is 0 Å². The Balaban J connectivity index is 2.11. The Hall–Kier alpha value is -2.46. The van der Waals surface area contributed by atoms with Crippen LogP contribution >= 0.6 is 0 Å². The van der Waals surface area contributed by atoms with Gasteiger partial charge in [0.2, 0.25) is 0 Å². The predicted molar refractivity (Wildman–Crippen MR) is 89.6 cm³/mol. The van der Waals surface area contributed by atoms with Crippen LogP contribution < -0.4 is 0 Å². The molecule has 0 spiro atoms. The number of ketones is 1. The highest BCUT2D eigenvalue weighted by Crippen LogP contribution is 2.19. The number of hydrogen-bond acceptors (Lipinski definition) is 7. The Morgan fingerprint density at radius 2 is 2.00 bits per heavy atom. The second kappa shape index (κ2) is 7.19. The summed E-state index contributed by atoms with van der Waals surface area (Å²) in [6, 6.07) is 5.19. The van der Waals surface area contributed by atoms with Crippen molar-refractivity contribution in [3.05, 3.63) is 29.8 Å². The Bertz CT molecular complexity index is 818. The van der Waals surface area contributed by atoms with E-state index in [1.807, 2.05) is 0 Å². The number of phenolic OH excluding ortho intramolecular Hbond substituents is 1. The van der Waals surface area contributed by atoms with Crippen molar-refractivity contribution in [3.63, 3.8) is 0 Å². The van der Waals surface area contributed by atoms with E-state index < -0.39 is 28.0 Å². The Morgan fingerprint density at radius 3 is 2.56 bits per heavy atom. The molecule has 1 N–H and O–H groups in total. The van der Waals surface area contributed by atoms with Crippen LogP contribution in [0.1, 0.15) is 17.3 Å². The minimum atomic E-state index is -3.87. The van der Waals surface area contributed by atoms with Crippen LogP contribution in [0.2, 0.25) is 0 Å². The standard InChI is InChI=1S/C15H19N3O6S/c1-10(19)14-16-11(8-18(14)25(22,23)17(2)3)9-24-15(21)12-6-4-5-7-13(12)20/h4-7,11,20H,8-9H2,1-3H3. The van der Waals surface area contributed by atoms with Gasteiger partial charge in [-0.15, -0.1) is 0 Å². The number of amidine groups is 1. The van der Waals surface area contributed by atoms with E-state index in [-0.39, 0.29) is 30.3 Å². The maximum atomic E-state index is 12.3. The van der Waals surface area contributed by atoms with Crippen LogP contribution in [-0.4, -0.2) is 73.0 Å². The van der Waals surface area contributed by atoms with E-state index in [2.05, 4.69) is 4.99 Å². The number of carbonyl (C=O) groups is 2. The number of Topliss-reactive ketones (excluding diaryl/α,β-unsaturated/α-hetero) is 1. The van der Waals surface area contributed by atoms with Crippen LogP contribution in [0.25, 0.3) is 0 Å². The Kier molecular flexibility index (Phi) is 5.43. The Morgan fingerprint density at radius 1 is 1.36 bits per heavy atom. The van der Waals surface area contributed by atoms with Crippen LogP contribution in [0, 0.1) is 0 Å². The zero-order valence-corrected chi connectivity index (χ0v) is 14.9. The molecule has 1 aliphatic rings. The molecule has 1 unspecified atom stereocenters. The van der Waals surface area contributed by atoms with E-state index in [9.17, 15) is 23.1 Å². The Labute approximate surface area is 145 Å². The van der Waals surface area contributed by atoms with E-state index >= 15 is 0 Å². The van der Waals surface area contributed by atoms with E-state index in [0.717, 1.165) is 8.61 Å². The second-order valence-electron chi connectivity index (χ2n) is 5.60. The van der Waals surface area contributed by atoms with Gasteiger partial charge < -0.3 is 9.84 Å². The van der Waals surface area contributed by atoms with Gasteiger partial charge in [0, 0.05) is 21.0 Å². The number of esters is 1. The molecule has 1 aliphatic heterocycles. The number of aromatic hydroxyl groups is 1. The van der Waals surface area contributed by atoms with Gasteiger partial charge in [-0.25, -0.2) is 9.10 Å². The highest BCUT2D eigenvalue weighted by Gasteiger charge is 2.37. The van der Waals surface area contributed by atoms with Crippen LogP contribution in [0.4, 0.5) is 0 Å². The van der Waals surface area contributed by atoms with Crippen molar-refractivity contribution < 1.29 is 27.9 Å². The van der Waals surface area contributed by atoms with Crippen molar-refractivity contribution in [1.29, 1.82) is 0 Å². The molecule has 1 atom stereocenters. The van der Waals surface area contributed by atoms with Crippen molar-refractivity contribution in [2.75, 3.05) is 27.2 Å². The summed E-state index contributed by atoms with van der Waals surface area (Å²) in [7, 11) is -1.17. The van der Waals surface area contributed by atoms with Gasteiger partial charge in [0.1, 0.15) is 24.0 Å². The van der Waals surface area contributed by atoms with Crippen LogP contribution in [0.15, 0.2) is 29.3 Å². The first kappa shape index (κ1) is 18.9. The van der Waals surface area contributed by atoms with Gasteiger partial charge in [0.15, 0.2) is 11.6 Å². The summed E-state index contributed by atoms with van der Waals surface area (Å²) in [5, 5.41) is 9.63. The average Bonchev–Trinajstić information content (AvgIpc) is 2.98. The zero-order chi connectivity index (χ0) is 18.8. The maximum absolute atomic E-state index is 12.3. The molecule has 0 saturated heterocycles. The van der Waals surface area contributed by atoms with Gasteiger partial charge in [0.05, 0.1) is 6.54 Å². The minimum absolute atomic E-state index is 0.00552. The molecular formula is C15H19N3O6S. The molecule has 1 aromatic rings. The molecule has 0 aliphatic carbocycles. The number of carbonyl (C=O) groups excluding carboxylic acids is 2. The molecule has 10 heteroatoms. The van der Waals surface area contributed by atoms with Crippen molar-refractivity contribution in [2.24, 2.45) is 4.99 Å². The second-order valence-corrected chi connectivity index (χ2v) is 7.67. The number of para-hydroxylation sites is 1. The number of phenols is 1. The minimum Gasteiger partial charge on any atom is -0.507 e. The molecule has 0 aromatic heterocycles. The van der Waals surface area contributed by atoms with Gasteiger partial charge in [-0.3, -0.25) is 9.79 Å². The van der Waals surface area contributed by atoms with Gasteiger partial charge in [0.25, 0.3) is 0 Å². The smallest absolute Gasteiger partial charge is 0.341 e. The molecule has 9 nitrogen and oxygen atoms in total. The first-order chi connectivity index (χ1) is 11.6. The number of aliphatic imine (C=N–C) groups is 1. The molecule has 25 heavy (non-hydrogen) atoms. The molecule has 0 radical (unpaired) electrons.